The van der Waals surface area contributed by atoms with Crippen LogP contribution < -0.4 is 15.5 Å². The molecule has 3 rings (SSSR count). The predicted octanol–water partition coefficient (Wildman–Crippen LogP) is 3.97. The molecular weight excluding hydrogens is 298 g/mol. The Kier molecular flexibility index (Phi) is 4.86. The summed E-state index contributed by atoms with van der Waals surface area (Å²) in [6.07, 6.45) is 1.75. The van der Waals surface area contributed by atoms with Crippen LogP contribution in [0.5, 0.6) is 5.75 Å². The largest absolute Gasteiger partial charge is 0.497 e. The molecular formula is C20H25N3O. The number of hydrogen-bond donors (Lipinski definition) is 1. The van der Waals surface area contributed by atoms with Crippen molar-refractivity contribution in [1.29, 1.82) is 0 Å². The molecule has 0 saturated carbocycles. The molecule has 126 valence electrons. The van der Waals surface area contributed by atoms with E-state index in [0.29, 0.717) is 6.54 Å². The molecule has 1 unspecified atom stereocenters. The van der Waals surface area contributed by atoms with Crippen molar-refractivity contribution in [3.63, 3.8) is 0 Å². The van der Waals surface area contributed by atoms with Gasteiger partial charge in [-0.3, -0.25) is 5.01 Å². The van der Waals surface area contributed by atoms with Crippen LogP contribution in [0.4, 0.5) is 5.69 Å². The molecule has 0 spiro atoms. The van der Waals surface area contributed by atoms with Crippen molar-refractivity contribution in [3.05, 3.63) is 59.2 Å². The molecule has 1 atom stereocenters. The summed E-state index contributed by atoms with van der Waals surface area (Å²) in [6.45, 7) is 4.89. The van der Waals surface area contributed by atoms with Gasteiger partial charge in [-0.15, -0.1) is 0 Å². The SMILES string of the molecule is COc1ccc(C2CC(CCN)=NN2c2cc(C)ccc2C)cc1. The Labute approximate surface area is 143 Å². The summed E-state index contributed by atoms with van der Waals surface area (Å²) in [4.78, 5) is 0. The molecule has 0 aromatic heterocycles. The van der Waals surface area contributed by atoms with Gasteiger partial charge >= 0.3 is 0 Å². The fraction of sp³-hybridized carbons (Fsp3) is 0.350. The number of methoxy groups -OCH3 is 1. The first-order chi connectivity index (χ1) is 11.6. The Morgan fingerprint density at radius 1 is 1.17 bits per heavy atom. The fourth-order valence-corrected chi connectivity index (χ4v) is 3.16. The van der Waals surface area contributed by atoms with E-state index in [0.717, 1.165) is 18.6 Å². The lowest BCUT2D eigenvalue weighted by molar-refractivity contribution is 0.414. The van der Waals surface area contributed by atoms with Gasteiger partial charge in [-0.05, 0) is 61.7 Å². The minimum Gasteiger partial charge on any atom is -0.497 e. The van der Waals surface area contributed by atoms with E-state index in [1.54, 1.807) is 7.11 Å². The summed E-state index contributed by atoms with van der Waals surface area (Å²) in [5.74, 6) is 0.873. The van der Waals surface area contributed by atoms with Crippen LogP contribution in [0.1, 0.15) is 35.6 Å². The van der Waals surface area contributed by atoms with Crippen LogP contribution in [0, 0.1) is 13.8 Å². The van der Waals surface area contributed by atoms with Gasteiger partial charge in [0.15, 0.2) is 0 Å². The monoisotopic (exact) mass is 323 g/mol. The summed E-state index contributed by atoms with van der Waals surface area (Å²) >= 11 is 0. The molecule has 0 amide bonds. The minimum atomic E-state index is 0.206. The van der Waals surface area contributed by atoms with E-state index in [2.05, 4.69) is 49.2 Å². The number of nitrogens with two attached hydrogens (primary N) is 1. The van der Waals surface area contributed by atoms with Crippen molar-refractivity contribution in [1.82, 2.24) is 0 Å². The van der Waals surface area contributed by atoms with Crippen LogP contribution in [0.3, 0.4) is 0 Å². The van der Waals surface area contributed by atoms with E-state index in [1.807, 2.05) is 12.1 Å². The van der Waals surface area contributed by atoms with Gasteiger partial charge in [-0.2, -0.15) is 5.10 Å². The second-order valence-corrected chi connectivity index (χ2v) is 6.33. The number of nitrogens with zero attached hydrogens (tertiary/aromatic N) is 2. The second-order valence-electron chi connectivity index (χ2n) is 6.33. The molecule has 2 aromatic carbocycles. The Balaban J connectivity index is 1.98. The third kappa shape index (κ3) is 3.29. The number of hydrogen-bond acceptors (Lipinski definition) is 4. The van der Waals surface area contributed by atoms with E-state index < -0.39 is 0 Å². The van der Waals surface area contributed by atoms with Crippen molar-refractivity contribution in [3.8, 4) is 5.75 Å². The van der Waals surface area contributed by atoms with Gasteiger partial charge in [0.1, 0.15) is 5.75 Å². The van der Waals surface area contributed by atoms with E-state index in [9.17, 15) is 0 Å². The molecule has 4 nitrogen and oxygen atoms in total. The maximum Gasteiger partial charge on any atom is 0.118 e. The molecule has 2 N–H and O–H groups in total. The zero-order valence-electron chi connectivity index (χ0n) is 14.6. The molecule has 4 heteroatoms. The molecule has 0 radical (unpaired) electrons. The molecule has 1 aliphatic heterocycles. The number of rotatable bonds is 5. The Bertz CT molecular complexity index is 737. The van der Waals surface area contributed by atoms with Gasteiger partial charge < -0.3 is 10.5 Å². The quantitative estimate of drug-likeness (QED) is 0.906. The molecule has 0 saturated heterocycles. The third-order valence-electron chi connectivity index (χ3n) is 4.52. The normalized spacial score (nSPS) is 17.1. The number of aryl methyl sites for hydroxylation is 2. The summed E-state index contributed by atoms with van der Waals surface area (Å²) in [5.41, 5.74) is 11.8. The number of hydrazone groups is 1. The van der Waals surface area contributed by atoms with Crippen LogP contribution in [-0.4, -0.2) is 19.4 Å². The summed E-state index contributed by atoms with van der Waals surface area (Å²) in [6, 6.07) is 15.0. The van der Waals surface area contributed by atoms with Crippen molar-refractivity contribution in [2.45, 2.75) is 32.7 Å². The molecule has 0 aliphatic carbocycles. The van der Waals surface area contributed by atoms with Crippen molar-refractivity contribution in [2.24, 2.45) is 10.8 Å². The molecule has 1 aliphatic rings. The molecule has 24 heavy (non-hydrogen) atoms. The van der Waals surface area contributed by atoms with Crippen LogP contribution in [0.2, 0.25) is 0 Å². The van der Waals surface area contributed by atoms with Gasteiger partial charge in [0.25, 0.3) is 0 Å². The van der Waals surface area contributed by atoms with Crippen molar-refractivity contribution in [2.75, 3.05) is 18.7 Å². The van der Waals surface area contributed by atoms with Crippen LogP contribution in [-0.2, 0) is 0 Å². The van der Waals surface area contributed by atoms with E-state index >= 15 is 0 Å². The topological polar surface area (TPSA) is 50.9 Å². The Hall–Kier alpha value is -2.33. The lowest BCUT2D eigenvalue weighted by Gasteiger charge is -2.26. The van der Waals surface area contributed by atoms with E-state index in [4.69, 9.17) is 15.6 Å². The van der Waals surface area contributed by atoms with Gasteiger partial charge in [0.2, 0.25) is 0 Å². The van der Waals surface area contributed by atoms with Gasteiger partial charge in [0.05, 0.1) is 18.8 Å². The Morgan fingerprint density at radius 2 is 1.92 bits per heavy atom. The first kappa shape index (κ1) is 16.5. The average molecular weight is 323 g/mol. The standard InChI is InChI=1S/C20H25N3O/c1-14-4-5-15(2)19(12-14)23-20(13-17(22-23)10-11-21)16-6-8-18(24-3)9-7-16/h4-9,12,20H,10-11,13,21H2,1-3H3. The van der Waals surface area contributed by atoms with Crippen LogP contribution in [0.15, 0.2) is 47.6 Å². The van der Waals surface area contributed by atoms with Crippen molar-refractivity contribution >= 4 is 11.4 Å². The molecule has 2 aromatic rings. The lowest BCUT2D eigenvalue weighted by atomic mass is 9.99. The summed E-state index contributed by atoms with van der Waals surface area (Å²) in [5, 5.41) is 7.05. The van der Waals surface area contributed by atoms with Gasteiger partial charge in [-0.1, -0.05) is 24.3 Å². The highest BCUT2D eigenvalue weighted by Crippen LogP contribution is 2.38. The lowest BCUT2D eigenvalue weighted by Crippen LogP contribution is -2.19. The maximum absolute atomic E-state index is 5.75. The zero-order valence-corrected chi connectivity index (χ0v) is 14.6. The highest BCUT2D eigenvalue weighted by molar-refractivity contribution is 5.89. The summed E-state index contributed by atoms with van der Waals surface area (Å²) in [7, 11) is 1.69. The third-order valence-corrected chi connectivity index (χ3v) is 4.52. The average Bonchev–Trinajstić information content (AvgIpc) is 3.01. The Morgan fingerprint density at radius 3 is 2.58 bits per heavy atom. The minimum absolute atomic E-state index is 0.206. The highest BCUT2D eigenvalue weighted by Gasteiger charge is 2.29. The molecule has 0 bridgehead atoms. The van der Waals surface area contributed by atoms with Crippen molar-refractivity contribution < 1.29 is 4.74 Å². The molecule has 1 heterocycles. The molecule has 0 fully saturated rings. The predicted molar refractivity (Wildman–Crippen MR) is 99.9 cm³/mol. The van der Waals surface area contributed by atoms with E-state index in [-0.39, 0.29) is 6.04 Å². The first-order valence-electron chi connectivity index (χ1n) is 8.39. The number of benzene rings is 2. The second kappa shape index (κ2) is 7.05. The smallest absolute Gasteiger partial charge is 0.118 e. The summed E-state index contributed by atoms with van der Waals surface area (Å²) < 4.78 is 5.28. The van der Waals surface area contributed by atoms with E-state index in [1.165, 1.54) is 28.1 Å². The van der Waals surface area contributed by atoms with Gasteiger partial charge in [0, 0.05) is 12.1 Å². The first-order valence-corrected chi connectivity index (χ1v) is 8.39. The highest BCUT2D eigenvalue weighted by atomic mass is 16.5. The number of ether oxygens (including phenoxy) is 1. The maximum atomic E-state index is 5.75. The number of anilines is 1. The fourth-order valence-electron chi connectivity index (χ4n) is 3.16. The zero-order chi connectivity index (χ0) is 17.1. The van der Waals surface area contributed by atoms with Crippen LogP contribution >= 0.6 is 0 Å². The van der Waals surface area contributed by atoms with Crippen LogP contribution in [0.25, 0.3) is 0 Å². The van der Waals surface area contributed by atoms with Gasteiger partial charge in [-0.25, -0.2) is 0 Å².